The van der Waals surface area contributed by atoms with Crippen LogP contribution in [0.1, 0.15) is 278 Å². The number of rotatable bonds is 50. The van der Waals surface area contributed by atoms with E-state index >= 15 is 0 Å². The molecule has 1 unspecified atom stereocenters. The van der Waals surface area contributed by atoms with Crippen LogP contribution in [0, 0.1) is 0 Å². The SMILES string of the molecule is CC/C=C\C/C=C\C/C=C\CCCCCCCCCC(=O)OCC(COC(=O)CCCCCCC/C=C\CCCCCCCC)OC(=O)CCCCCCC/C=C\CCCCCCCC. The van der Waals surface area contributed by atoms with Crippen molar-refractivity contribution >= 4 is 17.9 Å². The quantitative estimate of drug-likeness (QED) is 0.0262. The van der Waals surface area contributed by atoms with Gasteiger partial charge in [-0.05, 0) is 103 Å². The van der Waals surface area contributed by atoms with Crippen LogP contribution in [0.4, 0.5) is 0 Å². The molecule has 65 heavy (non-hydrogen) atoms. The van der Waals surface area contributed by atoms with Crippen molar-refractivity contribution in [2.24, 2.45) is 0 Å². The summed E-state index contributed by atoms with van der Waals surface area (Å²) >= 11 is 0. The zero-order valence-corrected chi connectivity index (χ0v) is 43.0. The summed E-state index contributed by atoms with van der Waals surface area (Å²) in [5, 5.41) is 0. The Kier molecular flexibility index (Phi) is 51.3. The molecule has 1 atom stereocenters. The number of ether oxygens (including phenoxy) is 3. The van der Waals surface area contributed by atoms with Gasteiger partial charge in [-0.2, -0.15) is 0 Å². The molecular weight excluding hydrogens is 805 g/mol. The number of unbranched alkanes of at least 4 members (excludes halogenated alkanes) is 29. The fraction of sp³-hybridized carbons (Fsp3) is 0.780. The molecule has 0 aromatic carbocycles. The molecule has 0 heterocycles. The molecule has 0 aliphatic heterocycles. The highest BCUT2D eigenvalue weighted by Crippen LogP contribution is 2.15. The predicted molar refractivity (Wildman–Crippen MR) is 279 cm³/mol. The normalized spacial score (nSPS) is 12.5. The first-order chi connectivity index (χ1) is 32.0. The summed E-state index contributed by atoms with van der Waals surface area (Å²) in [5.41, 5.74) is 0. The third-order valence-electron chi connectivity index (χ3n) is 12.0. The van der Waals surface area contributed by atoms with Gasteiger partial charge < -0.3 is 14.2 Å². The lowest BCUT2D eigenvalue weighted by atomic mass is 10.1. The van der Waals surface area contributed by atoms with E-state index in [0.29, 0.717) is 19.3 Å². The third-order valence-corrected chi connectivity index (χ3v) is 12.0. The summed E-state index contributed by atoms with van der Waals surface area (Å²) in [7, 11) is 0. The Balaban J connectivity index is 4.40. The molecule has 6 nitrogen and oxygen atoms in total. The summed E-state index contributed by atoms with van der Waals surface area (Å²) in [4.78, 5) is 38.1. The Hall–Kier alpha value is -2.89. The van der Waals surface area contributed by atoms with Crippen LogP contribution in [-0.4, -0.2) is 37.2 Å². The largest absolute Gasteiger partial charge is 0.462 e. The van der Waals surface area contributed by atoms with Gasteiger partial charge in [-0.1, -0.05) is 216 Å². The smallest absolute Gasteiger partial charge is 0.306 e. The van der Waals surface area contributed by atoms with Gasteiger partial charge in [-0.25, -0.2) is 0 Å². The van der Waals surface area contributed by atoms with Gasteiger partial charge in [0.25, 0.3) is 0 Å². The summed E-state index contributed by atoms with van der Waals surface area (Å²) in [5.74, 6) is -0.902. The van der Waals surface area contributed by atoms with Gasteiger partial charge in [-0.15, -0.1) is 0 Å². The molecule has 376 valence electrons. The number of carbonyl (C=O) groups is 3. The second kappa shape index (κ2) is 53.7. The predicted octanol–water partition coefficient (Wildman–Crippen LogP) is 18.4. The summed E-state index contributed by atoms with van der Waals surface area (Å²) in [6.07, 6.45) is 66.3. The van der Waals surface area contributed by atoms with E-state index in [1.165, 1.54) is 135 Å². The van der Waals surface area contributed by atoms with Crippen molar-refractivity contribution in [2.75, 3.05) is 13.2 Å². The molecule has 0 N–H and O–H groups in total. The first kappa shape index (κ1) is 62.1. The maximum atomic E-state index is 12.8. The highest BCUT2D eigenvalue weighted by molar-refractivity contribution is 5.71. The van der Waals surface area contributed by atoms with Crippen molar-refractivity contribution in [3.8, 4) is 0 Å². The molecule has 0 amide bonds. The Labute approximate surface area is 402 Å². The standard InChI is InChI=1S/C59H104O6/c1-4-7-10-13-16-19-22-25-28-29-32-34-37-40-43-46-49-52-58(61)64-55-56(65-59(62)53-50-47-44-41-38-35-31-27-24-21-18-15-12-9-6-3)54-63-57(60)51-48-45-42-39-36-33-30-26-23-20-17-14-11-8-5-2/h7,10,16,19,25-28,30-31,56H,4-6,8-9,11-15,17-18,20-24,29,32-55H2,1-3H3/b10-7-,19-16-,28-25-,30-26-,31-27-. The number of hydrogen-bond acceptors (Lipinski definition) is 6. The Morgan fingerprint density at radius 1 is 0.323 bits per heavy atom. The van der Waals surface area contributed by atoms with Gasteiger partial charge in [0.05, 0.1) is 0 Å². The molecule has 0 bridgehead atoms. The molecule has 0 radical (unpaired) electrons. The van der Waals surface area contributed by atoms with Gasteiger partial charge in [-0.3, -0.25) is 14.4 Å². The Morgan fingerprint density at radius 2 is 0.600 bits per heavy atom. The summed E-state index contributed by atoms with van der Waals surface area (Å²) < 4.78 is 16.8. The zero-order chi connectivity index (χ0) is 47.2. The molecular formula is C59H104O6. The average Bonchev–Trinajstić information content (AvgIpc) is 3.30. The molecule has 0 spiro atoms. The van der Waals surface area contributed by atoms with Crippen molar-refractivity contribution < 1.29 is 28.6 Å². The van der Waals surface area contributed by atoms with E-state index in [2.05, 4.69) is 81.5 Å². The van der Waals surface area contributed by atoms with E-state index in [0.717, 1.165) is 103 Å². The van der Waals surface area contributed by atoms with Crippen LogP contribution < -0.4 is 0 Å². The molecule has 0 saturated carbocycles. The number of allylic oxidation sites excluding steroid dienone is 10. The lowest BCUT2D eigenvalue weighted by molar-refractivity contribution is -0.167. The highest BCUT2D eigenvalue weighted by Gasteiger charge is 2.19. The van der Waals surface area contributed by atoms with Gasteiger partial charge in [0.2, 0.25) is 0 Å². The average molecular weight is 909 g/mol. The van der Waals surface area contributed by atoms with Crippen LogP contribution >= 0.6 is 0 Å². The van der Waals surface area contributed by atoms with Crippen molar-refractivity contribution in [1.29, 1.82) is 0 Å². The van der Waals surface area contributed by atoms with Gasteiger partial charge in [0.1, 0.15) is 13.2 Å². The number of carbonyl (C=O) groups excluding carboxylic acids is 3. The maximum Gasteiger partial charge on any atom is 0.306 e. The molecule has 0 rings (SSSR count). The second-order valence-electron chi connectivity index (χ2n) is 18.5. The molecule has 0 fully saturated rings. The number of esters is 3. The van der Waals surface area contributed by atoms with Gasteiger partial charge in [0, 0.05) is 19.3 Å². The van der Waals surface area contributed by atoms with Crippen molar-refractivity contribution in [3.63, 3.8) is 0 Å². The van der Waals surface area contributed by atoms with E-state index in [1.807, 2.05) is 0 Å². The molecule has 0 aromatic heterocycles. The van der Waals surface area contributed by atoms with E-state index in [4.69, 9.17) is 14.2 Å². The van der Waals surface area contributed by atoms with E-state index < -0.39 is 6.10 Å². The lowest BCUT2D eigenvalue weighted by Gasteiger charge is -2.18. The van der Waals surface area contributed by atoms with Gasteiger partial charge in [0.15, 0.2) is 6.10 Å². The Morgan fingerprint density at radius 3 is 0.954 bits per heavy atom. The minimum atomic E-state index is -0.785. The molecule has 6 heteroatoms. The molecule has 0 aliphatic rings. The third kappa shape index (κ3) is 51.9. The first-order valence-electron chi connectivity index (χ1n) is 27.8. The van der Waals surface area contributed by atoms with Crippen LogP contribution in [0.25, 0.3) is 0 Å². The van der Waals surface area contributed by atoms with Crippen LogP contribution in [-0.2, 0) is 28.6 Å². The van der Waals surface area contributed by atoms with Crippen molar-refractivity contribution in [1.82, 2.24) is 0 Å². The molecule has 0 saturated heterocycles. The fourth-order valence-corrected chi connectivity index (χ4v) is 7.80. The minimum Gasteiger partial charge on any atom is -0.462 e. The van der Waals surface area contributed by atoms with Gasteiger partial charge >= 0.3 is 17.9 Å². The minimum absolute atomic E-state index is 0.0842. The van der Waals surface area contributed by atoms with E-state index in [-0.39, 0.29) is 31.1 Å². The monoisotopic (exact) mass is 909 g/mol. The topological polar surface area (TPSA) is 78.9 Å². The molecule has 0 aromatic rings. The van der Waals surface area contributed by atoms with Crippen LogP contribution in [0.3, 0.4) is 0 Å². The molecule has 0 aliphatic carbocycles. The second-order valence-corrected chi connectivity index (χ2v) is 18.5. The maximum absolute atomic E-state index is 12.8. The fourth-order valence-electron chi connectivity index (χ4n) is 7.80. The highest BCUT2D eigenvalue weighted by atomic mass is 16.6. The first-order valence-corrected chi connectivity index (χ1v) is 27.8. The Bertz CT molecular complexity index is 1180. The van der Waals surface area contributed by atoms with Crippen LogP contribution in [0.15, 0.2) is 60.8 Å². The van der Waals surface area contributed by atoms with E-state index in [1.54, 1.807) is 0 Å². The van der Waals surface area contributed by atoms with Crippen LogP contribution in [0.5, 0.6) is 0 Å². The van der Waals surface area contributed by atoms with E-state index in [9.17, 15) is 14.4 Å². The number of hydrogen-bond donors (Lipinski definition) is 0. The van der Waals surface area contributed by atoms with Crippen molar-refractivity contribution in [3.05, 3.63) is 60.8 Å². The lowest BCUT2D eigenvalue weighted by Crippen LogP contribution is -2.30. The van der Waals surface area contributed by atoms with Crippen LogP contribution in [0.2, 0.25) is 0 Å². The summed E-state index contributed by atoms with van der Waals surface area (Å²) in [6.45, 7) is 6.51. The zero-order valence-electron chi connectivity index (χ0n) is 43.0. The van der Waals surface area contributed by atoms with Crippen molar-refractivity contribution in [2.45, 2.75) is 284 Å². The summed E-state index contributed by atoms with van der Waals surface area (Å²) in [6, 6.07) is 0.